The van der Waals surface area contributed by atoms with E-state index in [0.717, 1.165) is 24.8 Å². The van der Waals surface area contributed by atoms with Crippen LogP contribution in [0.1, 0.15) is 38.2 Å². The van der Waals surface area contributed by atoms with Gasteiger partial charge in [0.15, 0.2) is 6.29 Å². The second-order valence-corrected chi connectivity index (χ2v) is 8.69. The van der Waals surface area contributed by atoms with Crippen molar-refractivity contribution < 1.29 is 22.1 Å². The van der Waals surface area contributed by atoms with Gasteiger partial charge in [0, 0.05) is 11.9 Å². The number of hydrogen-bond acceptors (Lipinski definition) is 6. The molecule has 0 N–H and O–H groups in total. The summed E-state index contributed by atoms with van der Waals surface area (Å²) < 4.78 is 41.3. The zero-order valence-corrected chi connectivity index (χ0v) is 15.9. The monoisotopic (exact) mass is 374 g/mol. The van der Waals surface area contributed by atoms with Crippen molar-refractivity contribution in [2.24, 2.45) is 0 Å². The molecule has 0 amide bonds. The van der Waals surface area contributed by atoms with Crippen molar-refractivity contribution in [3.63, 3.8) is 0 Å². The summed E-state index contributed by atoms with van der Waals surface area (Å²) in [6.07, 6.45) is 2.83. The summed E-state index contributed by atoms with van der Waals surface area (Å²) >= 11 is 4.38. The largest absolute Gasteiger partial charge is 0.353 e. The van der Waals surface area contributed by atoms with Gasteiger partial charge in [-0.1, -0.05) is 24.6 Å². The predicted octanol–water partition coefficient (Wildman–Crippen LogP) is 3.32. The first kappa shape index (κ1) is 19.7. The molecule has 1 aliphatic rings. The van der Waals surface area contributed by atoms with Gasteiger partial charge in [0.25, 0.3) is 10.1 Å². The maximum absolute atomic E-state index is 12.3. The van der Waals surface area contributed by atoms with Gasteiger partial charge < -0.3 is 9.47 Å². The minimum Gasteiger partial charge on any atom is -0.353 e. The Hall–Kier alpha value is -0.600. The van der Waals surface area contributed by atoms with Gasteiger partial charge in [-0.25, -0.2) is 0 Å². The topological polar surface area (TPSA) is 61.8 Å². The zero-order valence-electron chi connectivity index (χ0n) is 14.2. The number of thiol groups is 1. The van der Waals surface area contributed by atoms with Crippen LogP contribution in [0.2, 0.25) is 0 Å². The molecule has 1 heterocycles. The van der Waals surface area contributed by atoms with E-state index in [1.54, 1.807) is 24.3 Å². The molecule has 7 heteroatoms. The van der Waals surface area contributed by atoms with Crippen molar-refractivity contribution in [2.45, 2.75) is 62.1 Å². The first-order valence-corrected chi connectivity index (χ1v) is 10.2. The van der Waals surface area contributed by atoms with Crippen LogP contribution in [0.3, 0.4) is 0 Å². The Morgan fingerprint density at radius 3 is 2.58 bits per heavy atom. The lowest BCUT2D eigenvalue weighted by Crippen LogP contribution is -2.32. The van der Waals surface area contributed by atoms with Crippen molar-refractivity contribution in [3.05, 3.63) is 29.8 Å². The van der Waals surface area contributed by atoms with Gasteiger partial charge in [-0.2, -0.15) is 21.0 Å². The average Bonchev–Trinajstić information content (AvgIpc) is 2.54. The highest BCUT2D eigenvalue weighted by atomic mass is 32.2. The first-order chi connectivity index (χ1) is 11.4. The van der Waals surface area contributed by atoms with Crippen LogP contribution in [-0.4, -0.2) is 39.3 Å². The second kappa shape index (κ2) is 9.20. The lowest BCUT2D eigenvalue weighted by Gasteiger charge is -2.28. The number of hydrogen-bond donors (Lipinski definition) is 1. The van der Waals surface area contributed by atoms with E-state index in [1.165, 1.54) is 0 Å². The molecule has 0 aromatic heterocycles. The molecule has 1 aromatic rings. The molecule has 1 saturated heterocycles. The summed E-state index contributed by atoms with van der Waals surface area (Å²) in [5.74, 6) is 0. The fourth-order valence-corrected chi connectivity index (χ4v) is 3.69. The maximum Gasteiger partial charge on any atom is 0.297 e. The highest BCUT2D eigenvalue weighted by Gasteiger charge is 2.24. The maximum atomic E-state index is 12.3. The van der Waals surface area contributed by atoms with E-state index in [0.29, 0.717) is 13.0 Å². The van der Waals surface area contributed by atoms with Crippen molar-refractivity contribution >= 4 is 22.7 Å². The Morgan fingerprint density at radius 2 is 2.00 bits per heavy atom. The molecule has 1 fully saturated rings. The molecule has 136 valence electrons. The van der Waals surface area contributed by atoms with E-state index >= 15 is 0 Å². The minimum atomic E-state index is -3.79. The molecular formula is C17H26O5S2. The van der Waals surface area contributed by atoms with Crippen LogP contribution < -0.4 is 0 Å². The lowest BCUT2D eigenvalue weighted by atomic mass is 10.2. The molecule has 0 saturated carbocycles. The summed E-state index contributed by atoms with van der Waals surface area (Å²) in [7, 11) is -3.79. The number of aryl methyl sites for hydroxylation is 1. The summed E-state index contributed by atoms with van der Waals surface area (Å²) in [6, 6.07) is 6.59. The molecule has 2 rings (SSSR count). The van der Waals surface area contributed by atoms with Crippen molar-refractivity contribution in [2.75, 3.05) is 13.2 Å². The van der Waals surface area contributed by atoms with Crippen LogP contribution in [0.4, 0.5) is 0 Å². The molecule has 24 heavy (non-hydrogen) atoms. The Balaban J connectivity index is 1.96. The van der Waals surface area contributed by atoms with Gasteiger partial charge in [-0.05, 0) is 44.7 Å². The summed E-state index contributed by atoms with van der Waals surface area (Å²) in [4.78, 5) is 0.152. The summed E-state index contributed by atoms with van der Waals surface area (Å²) in [6.45, 7) is 4.48. The van der Waals surface area contributed by atoms with Crippen LogP contribution in [0.15, 0.2) is 29.2 Å². The fraction of sp³-hybridized carbons (Fsp3) is 0.647. The van der Waals surface area contributed by atoms with E-state index in [-0.39, 0.29) is 29.1 Å². The molecule has 0 spiro atoms. The molecule has 1 aliphatic heterocycles. The summed E-state index contributed by atoms with van der Waals surface area (Å²) in [5, 5.41) is 0.0734. The van der Waals surface area contributed by atoms with E-state index in [9.17, 15) is 8.42 Å². The van der Waals surface area contributed by atoms with E-state index in [2.05, 4.69) is 12.6 Å². The van der Waals surface area contributed by atoms with Crippen LogP contribution in [0, 0.1) is 6.92 Å². The van der Waals surface area contributed by atoms with Gasteiger partial charge in [-0.3, -0.25) is 4.18 Å². The normalized spacial score (nSPS) is 21.4. The average molecular weight is 375 g/mol. The van der Waals surface area contributed by atoms with Gasteiger partial charge in [0.1, 0.15) is 0 Å². The van der Waals surface area contributed by atoms with Crippen LogP contribution >= 0.6 is 12.6 Å². The molecule has 3 unspecified atom stereocenters. The number of rotatable bonds is 8. The third-order valence-electron chi connectivity index (χ3n) is 3.80. The summed E-state index contributed by atoms with van der Waals surface area (Å²) in [5.41, 5.74) is 0.994. The molecule has 1 aromatic carbocycles. The lowest BCUT2D eigenvalue weighted by molar-refractivity contribution is -0.193. The van der Waals surface area contributed by atoms with Gasteiger partial charge >= 0.3 is 0 Å². The quantitative estimate of drug-likeness (QED) is 0.559. The predicted molar refractivity (Wildman–Crippen MR) is 95.8 cm³/mol. The van der Waals surface area contributed by atoms with Gasteiger partial charge in [-0.15, -0.1) is 0 Å². The second-order valence-electron chi connectivity index (χ2n) is 6.19. The molecule has 0 aliphatic carbocycles. The molecular weight excluding hydrogens is 348 g/mol. The SMILES string of the molecule is Cc1ccc(S(=O)(=O)OCC(CC(C)S)OC2CCCCO2)cc1. The van der Waals surface area contributed by atoms with Crippen molar-refractivity contribution in [1.82, 2.24) is 0 Å². The van der Waals surface area contributed by atoms with Crippen molar-refractivity contribution in [1.29, 1.82) is 0 Å². The van der Waals surface area contributed by atoms with E-state index in [1.807, 2.05) is 13.8 Å². The molecule has 5 nitrogen and oxygen atoms in total. The van der Waals surface area contributed by atoms with Crippen LogP contribution in [0.5, 0.6) is 0 Å². The third kappa shape index (κ3) is 6.37. The number of benzene rings is 1. The van der Waals surface area contributed by atoms with Crippen molar-refractivity contribution in [3.8, 4) is 0 Å². The smallest absolute Gasteiger partial charge is 0.297 e. The fourth-order valence-electron chi connectivity index (χ4n) is 2.51. The third-order valence-corrected chi connectivity index (χ3v) is 5.31. The molecule has 0 radical (unpaired) electrons. The Kier molecular flexibility index (Phi) is 7.56. The number of ether oxygens (including phenoxy) is 2. The Bertz CT molecular complexity index is 592. The minimum absolute atomic E-state index is 0.0407. The highest BCUT2D eigenvalue weighted by Crippen LogP contribution is 2.20. The van der Waals surface area contributed by atoms with E-state index < -0.39 is 10.1 Å². The van der Waals surface area contributed by atoms with Gasteiger partial charge in [0.05, 0.1) is 17.6 Å². The molecule has 0 bridgehead atoms. The van der Waals surface area contributed by atoms with Gasteiger partial charge in [0.2, 0.25) is 0 Å². The van der Waals surface area contributed by atoms with E-state index in [4.69, 9.17) is 13.7 Å². The molecule has 3 atom stereocenters. The van der Waals surface area contributed by atoms with Crippen LogP contribution in [-0.2, 0) is 23.8 Å². The standard InChI is InChI=1S/C17H26O5S2/c1-13-6-8-16(9-7-13)24(18,19)21-12-15(11-14(2)23)22-17-5-3-4-10-20-17/h6-9,14-15,17,23H,3-5,10-12H2,1-2H3. The van der Waals surface area contributed by atoms with Crippen LogP contribution in [0.25, 0.3) is 0 Å². The zero-order chi connectivity index (χ0) is 17.6. The first-order valence-electron chi connectivity index (χ1n) is 8.28. The Morgan fingerprint density at radius 1 is 1.29 bits per heavy atom. The highest BCUT2D eigenvalue weighted by molar-refractivity contribution is 7.86. The Labute approximate surface area is 150 Å².